The van der Waals surface area contributed by atoms with E-state index in [0.29, 0.717) is 6.54 Å². The van der Waals surface area contributed by atoms with Crippen molar-refractivity contribution in [2.45, 2.75) is 45.6 Å². The minimum absolute atomic E-state index is 0.0557. The summed E-state index contributed by atoms with van der Waals surface area (Å²) in [6.07, 6.45) is 6.06. The van der Waals surface area contributed by atoms with Gasteiger partial charge < -0.3 is 9.88 Å². The second-order valence-electron chi connectivity index (χ2n) is 6.67. The molecule has 5 heteroatoms. The van der Waals surface area contributed by atoms with Crippen LogP contribution in [-0.4, -0.2) is 22.0 Å². The van der Waals surface area contributed by atoms with Crippen LogP contribution in [0.25, 0.3) is 11.0 Å². The number of fused-ring (bicyclic) bond motifs is 2. The number of rotatable bonds is 4. The average molecular weight is 353 g/mol. The molecular formula is C20H23N3OS. The monoisotopic (exact) mass is 353 g/mol. The maximum absolute atomic E-state index is 12.5. The Morgan fingerprint density at radius 2 is 2.08 bits per heavy atom. The molecule has 25 heavy (non-hydrogen) atoms. The average Bonchev–Trinajstić information content (AvgIpc) is 3.08. The molecule has 1 N–H and O–H groups in total. The molecule has 0 saturated heterocycles. The highest BCUT2D eigenvalue weighted by Gasteiger charge is 2.16. The van der Waals surface area contributed by atoms with Crippen molar-refractivity contribution in [2.75, 3.05) is 6.54 Å². The predicted molar refractivity (Wildman–Crippen MR) is 102 cm³/mol. The van der Waals surface area contributed by atoms with Gasteiger partial charge in [0.2, 0.25) is 0 Å². The first-order valence-corrected chi connectivity index (χ1v) is 9.85. The van der Waals surface area contributed by atoms with Crippen LogP contribution in [0.2, 0.25) is 0 Å². The van der Waals surface area contributed by atoms with E-state index in [0.717, 1.165) is 41.1 Å². The maximum atomic E-state index is 12.5. The molecule has 1 aliphatic rings. The number of hydrogen-bond donors (Lipinski definition) is 1. The molecule has 3 aromatic rings. The quantitative estimate of drug-likeness (QED) is 0.718. The van der Waals surface area contributed by atoms with Gasteiger partial charge in [-0.25, -0.2) is 4.98 Å². The molecule has 130 valence electrons. The molecule has 1 aromatic carbocycles. The van der Waals surface area contributed by atoms with E-state index in [1.54, 1.807) is 11.3 Å². The number of thiophene rings is 1. The van der Waals surface area contributed by atoms with E-state index in [-0.39, 0.29) is 5.91 Å². The normalized spacial score (nSPS) is 14.3. The first-order chi connectivity index (χ1) is 12.2. The van der Waals surface area contributed by atoms with E-state index in [1.807, 2.05) is 25.1 Å². The lowest BCUT2D eigenvalue weighted by atomic mass is 10.1. The number of benzene rings is 1. The highest BCUT2D eigenvalue weighted by atomic mass is 32.1. The van der Waals surface area contributed by atoms with Crippen molar-refractivity contribution >= 4 is 28.3 Å². The van der Waals surface area contributed by atoms with Crippen LogP contribution >= 0.6 is 11.3 Å². The molecule has 0 radical (unpaired) electrons. The van der Waals surface area contributed by atoms with Crippen LogP contribution in [0.5, 0.6) is 0 Å². The van der Waals surface area contributed by atoms with E-state index in [1.165, 1.54) is 29.7 Å². The standard InChI is InChI=1S/C20H23N3OS/c1-14-22-16-8-5-6-9-17(16)23(14)12-11-21-20(24)19-13-15-7-3-2-4-10-18(15)25-19/h5-6,8-9,13H,2-4,7,10-12H2,1H3,(H,21,24). The van der Waals surface area contributed by atoms with Gasteiger partial charge >= 0.3 is 0 Å². The zero-order valence-corrected chi connectivity index (χ0v) is 15.4. The van der Waals surface area contributed by atoms with Crippen LogP contribution in [0.15, 0.2) is 30.3 Å². The molecule has 4 rings (SSSR count). The van der Waals surface area contributed by atoms with Gasteiger partial charge in [0.1, 0.15) is 5.82 Å². The van der Waals surface area contributed by atoms with Crippen molar-refractivity contribution < 1.29 is 4.79 Å². The molecule has 2 heterocycles. The van der Waals surface area contributed by atoms with Crippen LogP contribution < -0.4 is 5.32 Å². The number of imidazole rings is 1. The molecule has 0 atom stereocenters. The fourth-order valence-corrected chi connectivity index (χ4v) is 4.80. The molecule has 0 bridgehead atoms. The molecule has 1 aliphatic carbocycles. The Balaban J connectivity index is 1.41. The van der Waals surface area contributed by atoms with E-state index in [2.05, 4.69) is 27.0 Å². The van der Waals surface area contributed by atoms with Gasteiger partial charge in [-0.05, 0) is 56.4 Å². The Morgan fingerprint density at radius 3 is 3.00 bits per heavy atom. The lowest BCUT2D eigenvalue weighted by Gasteiger charge is -2.08. The number of carbonyl (C=O) groups excluding carboxylic acids is 1. The number of amides is 1. The van der Waals surface area contributed by atoms with Crippen molar-refractivity contribution in [3.05, 3.63) is 51.5 Å². The first kappa shape index (κ1) is 16.3. The second-order valence-corrected chi connectivity index (χ2v) is 7.81. The Labute approximate surface area is 151 Å². The van der Waals surface area contributed by atoms with E-state index in [4.69, 9.17) is 0 Å². The van der Waals surface area contributed by atoms with Crippen molar-refractivity contribution in [1.82, 2.24) is 14.9 Å². The molecule has 0 unspecified atom stereocenters. The Kier molecular flexibility index (Phi) is 4.57. The fourth-order valence-electron chi connectivity index (χ4n) is 3.63. The summed E-state index contributed by atoms with van der Waals surface area (Å²) in [5.41, 5.74) is 3.52. The Hall–Kier alpha value is -2.14. The summed E-state index contributed by atoms with van der Waals surface area (Å²) in [4.78, 5) is 19.4. The summed E-state index contributed by atoms with van der Waals surface area (Å²) < 4.78 is 2.17. The van der Waals surface area contributed by atoms with E-state index >= 15 is 0 Å². The number of carbonyl (C=O) groups is 1. The summed E-state index contributed by atoms with van der Waals surface area (Å²) in [5.74, 6) is 1.04. The topological polar surface area (TPSA) is 46.9 Å². The highest BCUT2D eigenvalue weighted by molar-refractivity contribution is 7.14. The smallest absolute Gasteiger partial charge is 0.261 e. The van der Waals surface area contributed by atoms with Gasteiger partial charge in [-0.1, -0.05) is 18.6 Å². The SMILES string of the molecule is Cc1nc2ccccc2n1CCNC(=O)c1cc2c(s1)CCCCC2. The van der Waals surface area contributed by atoms with Crippen LogP contribution in [0, 0.1) is 6.92 Å². The molecule has 4 nitrogen and oxygen atoms in total. The lowest BCUT2D eigenvalue weighted by molar-refractivity contribution is 0.0956. The van der Waals surface area contributed by atoms with Crippen molar-refractivity contribution in [1.29, 1.82) is 0 Å². The number of nitrogens with zero attached hydrogens (tertiary/aromatic N) is 2. The third-order valence-electron chi connectivity index (χ3n) is 4.94. The molecule has 2 aromatic heterocycles. The summed E-state index contributed by atoms with van der Waals surface area (Å²) >= 11 is 1.68. The number of aromatic nitrogens is 2. The summed E-state index contributed by atoms with van der Waals surface area (Å²) in [5, 5.41) is 3.08. The largest absolute Gasteiger partial charge is 0.350 e. The number of nitrogens with one attached hydrogen (secondary N) is 1. The molecule has 0 fully saturated rings. The third-order valence-corrected chi connectivity index (χ3v) is 6.17. The minimum atomic E-state index is 0.0557. The Morgan fingerprint density at radius 1 is 1.24 bits per heavy atom. The summed E-state index contributed by atoms with van der Waals surface area (Å²) in [7, 11) is 0. The van der Waals surface area contributed by atoms with Crippen molar-refractivity contribution in [3.63, 3.8) is 0 Å². The zero-order valence-electron chi connectivity index (χ0n) is 14.5. The number of aryl methyl sites for hydroxylation is 3. The first-order valence-electron chi connectivity index (χ1n) is 9.04. The molecule has 1 amide bonds. The van der Waals surface area contributed by atoms with Crippen LogP contribution in [0.3, 0.4) is 0 Å². The van der Waals surface area contributed by atoms with Crippen LogP contribution in [-0.2, 0) is 19.4 Å². The van der Waals surface area contributed by atoms with Gasteiger partial charge in [-0.2, -0.15) is 0 Å². The lowest BCUT2D eigenvalue weighted by Crippen LogP contribution is -2.26. The molecule has 0 saturated carbocycles. The Bertz CT molecular complexity index is 885. The minimum Gasteiger partial charge on any atom is -0.350 e. The predicted octanol–water partition coefficient (Wildman–Crippen LogP) is 4.11. The van der Waals surface area contributed by atoms with Gasteiger partial charge in [0.15, 0.2) is 0 Å². The maximum Gasteiger partial charge on any atom is 0.261 e. The summed E-state index contributed by atoms with van der Waals surface area (Å²) in [6.45, 7) is 3.36. The summed E-state index contributed by atoms with van der Waals surface area (Å²) in [6, 6.07) is 10.2. The molecule has 0 spiro atoms. The van der Waals surface area contributed by atoms with Gasteiger partial charge in [-0.3, -0.25) is 4.79 Å². The molecule has 0 aliphatic heterocycles. The number of para-hydroxylation sites is 2. The van der Waals surface area contributed by atoms with Gasteiger partial charge in [0, 0.05) is 18.0 Å². The van der Waals surface area contributed by atoms with E-state index in [9.17, 15) is 4.79 Å². The van der Waals surface area contributed by atoms with Crippen molar-refractivity contribution in [3.8, 4) is 0 Å². The highest BCUT2D eigenvalue weighted by Crippen LogP contribution is 2.28. The fraction of sp³-hybridized carbons (Fsp3) is 0.400. The van der Waals surface area contributed by atoms with Crippen molar-refractivity contribution in [2.24, 2.45) is 0 Å². The van der Waals surface area contributed by atoms with Crippen LogP contribution in [0.1, 0.15) is 45.2 Å². The molecular weight excluding hydrogens is 330 g/mol. The van der Waals surface area contributed by atoms with Crippen LogP contribution in [0.4, 0.5) is 0 Å². The zero-order chi connectivity index (χ0) is 17.2. The van der Waals surface area contributed by atoms with Gasteiger partial charge in [-0.15, -0.1) is 11.3 Å². The second kappa shape index (κ2) is 7.00. The van der Waals surface area contributed by atoms with Gasteiger partial charge in [0.05, 0.1) is 15.9 Å². The third kappa shape index (κ3) is 3.33. The van der Waals surface area contributed by atoms with E-state index < -0.39 is 0 Å². The number of hydrogen-bond acceptors (Lipinski definition) is 3. The van der Waals surface area contributed by atoms with Gasteiger partial charge in [0.25, 0.3) is 5.91 Å².